The van der Waals surface area contributed by atoms with Crippen molar-refractivity contribution < 1.29 is 14.2 Å². The zero-order chi connectivity index (χ0) is 11.4. The van der Waals surface area contributed by atoms with E-state index in [4.69, 9.17) is 25.8 Å². The molecule has 1 aromatic carbocycles. The lowest BCUT2D eigenvalue weighted by atomic mass is 10.1. The first-order valence-corrected chi connectivity index (χ1v) is 5.04. The summed E-state index contributed by atoms with van der Waals surface area (Å²) in [5.74, 6) is 1.69. The molecule has 0 atom stereocenters. The van der Waals surface area contributed by atoms with Crippen LogP contribution in [0.3, 0.4) is 0 Å². The number of hydrogen-bond acceptors (Lipinski definition) is 3. The summed E-state index contributed by atoms with van der Waals surface area (Å²) in [6, 6.07) is 1.86. The van der Waals surface area contributed by atoms with Crippen LogP contribution in [0.5, 0.6) is 17.2 Å². The molecule has 3 nitrogen and oxygen atoms in total. The smallest absolute Gasteiger partial charge is 0.204 e. The van der Waals surface area contributed by atoms with Gasteiger partial charge in [0.2, 0.25) is 5.75 Å². The van der Waals surface area contributed by atoms with E-state index in [1.54, 1.807) is 21.3 Å². The molecule has 1 aromatic rings. The lowest BCUT2D eigenvalue weighted by Crippen LogP contribution is -1.98. The van der Waals surface area contributed by atoms with Gasteiger partial charge in [-0.15, -0.1) is 0 Å². The van der Waals surface area contributed by atoms with Crippen LogP contribution in [-0.4, -0.2) is 21.3 Å². The second-order valence-electron chi connectivity index (χ2n) is 2.97. The minimum atomic E-state index is 0.523. The van der Waals surface area contributed by atoms with Gasteiger partial charge < -0.3 is 14.2 Å². The van der Waals surface area contributed by atoms with E-state index in [0.717, 1.165) is 12.0 Å². The van der Waals surface area contributed by atoms with Crippen molar-refractivity contribution in [3.63, 3.8) is 0 Å². The van der Waals surface area contributed by atoms with Gasteiger partial charge in [-0.05, 0) is 18.1 Å². The number of hydrogen-bond donors (Lipinski definition) is 0. The highest BCUT2D eigenvalue weighted by Gasteiger charge is 2.18. The van der Waals surface area contributed by atoms with Gasteiger partial charge in [0, 0.05) is 0 Å². The van der Waals surface area contributed by atoms with Crippen LogP contribution in [0, 0.1) is 0 Å². The Balaban J connectivity index is 3.43. The van der Waals surface area contributed by atoms with Crippen LogP contribution in [-0.2, 0) is 6.42 Å². The molecule has 0 spiro atoms. The van der Waals surface area contributed by atoms with Crippen molar-refractivity contribution in [1.29, 1.82) is 0 Å². The fourth-order valence-corrected chi connectivity index (χ4v) is 1.78. The molecule has 0 unspecified atom stereocenters. The molecule has 0 heterocycles. The van der Waals surface area contributed by atoms with E-state index in [1.165, 1.54) is 0 Å². The maximum Gasteiger partial charge on any atom is 0.204 e. The zero-order valence-corrected chi connectivity index (χ0v) is 10.1. The summed E-state index contributed by atoms with van der Waals surface area (Å²) < 4.78 is 15.6. The number of aryl methyl sites for hydroxylation is 1. The predicted octanol–water partition coefficient (Wildman–Crippen LogP) is 2.93. The Labute approximate surface area is 94.9 Å². The van der Waals surface area contributed by atoms with Crippen molar-refractivity contribution >= 4 is 11.6 Å². The topological polar surface area (TPSA) is 27.7 Å². The Morgan fingerprint density at radius 2 is 1.67 bits per heavy atom. The highest BCUT2D eigenvalue weighted by atomic mass is 35.5. The standard InChI is InChI=1S/C11H15ClO3/c1-5-7-6-8(13-2)10(14-3)11(15-4)9(7)12/h6H,5H2,1-4H3. The molecule has 0 saturated carbocycles. The lowest BCUT2D eigenvalue weighted by Gasteiger charge is -2.15. The quantitative estimate of drug-likeness (QED) is 0.796. The fraction of sp³-hybridized carbons (Fsp3) is 0.455. The van der Waals surface area contributed by atoms with Crippen LogP contribution in [0.15, 0.2) is 6.07 Å². The number of halogens is 1. The molecule has 0 saturated heterocycles. The molecular formula is C11H15ClO3. The van der Waals surface area contributed by atoms with Crippen molar-refractivity contribution in [2.24, 2.45) is 0 Å². The van der Waals surface area contributed by atoms with Crippen LogP contribution < -0.4 is 14.2 Å². The first-order valence-electron chi connectivity index (χ1n) is 4.66. The third-order valence-corrected chi connectivity index (χ3v) is 2.64. The van der Waals surface area contributed by atoms with Gasteiger partial charge in [-0.25, -0.2) is 0 Å². The Morgan fingerprint density at radius 1 is 1.07 bits per heavy atom. The molecule has 4 heteroatoms. The van der Waals surface area contributed by atoms with Gasteiger partial charge in [-0.1, -0.05) is 18.5 Å². The molecule has 0 aliphatic carbocycles. The van der Waals surface area contributed by atoms with Crippen LogP contribution in [0.2, 0.25) is 5.02 Å². The van der Waals surface area contributed by atoms with Gasteiger partial charge >= 0.3 is 0 Å². The Hall–Kier alpha value is -1.09. The number of methoxy groups -OCH3 is 3. The van der Waals surface area contributed by atoms with Gasteiger partial charge in [0.1, 0.15) is 0 Å². The van der Waals surface area contributed by atoms with Gasteiger partial charge in [-0.2, -0.15) is 0 Å². The summed E-state index contributed by atoms with van der Waals surface area (Å²) in [6.07, 6.45) is 0.815. The maximum absolute atomic E-state index is 6.16. The van der Waals surface area contributed by atoms with Crippen molar-refractivity contribution in [2.75, 3.05) is 21.3 Å². The van der Waals surface area contributed by atoms with E-state index < -0.39 is 0 Å². The summed E-state index contributed by atoms with van der Waals surface area (Å²) in [5.41, 5.74) is 0.978. The van der Waals surface area contributed by atoms with Gasteiger partial charge in [0.25, 0.3) is 0 Å². The molecule has 0 fully saturated rings. The Bertz CT molecular complexity index is 350. The van der Waals surface area contributed by atoms with E-state index in [1.807, 2.05) is 13.0 Å². The van der Waals surface area contributed by atoms with Crippen molar-refractivity contribution in [1.82, 2.24) is 0 Å². The SMILES string of the molecule is CCc1cc(OC)c(OC)c(OC)c1Cl. The maximum atomic E-state index is 6.16. The molecule has 0 aliphatic heterocycles. The first kappa shape index (κ1) is 12.0. The molecule has 0 bridgehead atoms. The Kier molecular flexibility index (Phi) is 4.09. The fourth-order valence-electron chi connectivity index (χ4n) is 1.43. The van der Waals surface area contributed by atoms with Gasteiger partial charge in [-0.3, -0.25) is 0 Å². The third kappa shape index (κ3) is 2.12. The molecule has 15 heavy (non-hydrogen) atoms. The lowest BCUT2D eigenvalue weighted by molar-refractivity contribution is 0.324. The minimum absolute atomic E-state index is 0.523. The summed E-state index contributed by atoms with van der Waals surface area (Å²) in [4.78, 5) is 0. The molecule has 0 N–H and O–H groups in total. The van der Waals surface area contributed by atoms with Crippen LogP contribution in [0.1, 0.15) is 12.5 Å². The normalized spacial score (nSPS) is 9.93. The molecular weight excluding hydrogens is 216 g/mol. The average Bonchev–Trinajstić information content (AvgIpc) is 2.28. The van der Waals surface area contributed by atoms with Gasteiger partial charge in [0.05, 0.1) is 26.4 Å². The van der Waals surface area contributed by atoms with Crippen LogP contribution in [0.4, 0.5) is 0 Å². The molecule has 0 amide bonds. The van der Waals surface area contributed by atoms with Crippen molar-refractivity contribution in [3.8, 4) is 17.2 Å². The molecule has 0 aromatic heterocycles. The van der Waals surface area contributed by atoms with Gasteiger partial charge in [0.15, 0.2) is 11.5 Å². The Morgan fingerprint density at radius 3 is 2.07 bits per heavy atom. The summed E-state index contributed by atoms with van der Waals surface area (Å²) in [6.45, 7) is 2.02. The monoisotopic (exact) mass is 230 g/mol. The van der Waals surface area contributed by atoms with E-state index in [2.05, 4.69) is 0 Å². The minimum Gasteiger partial charge on any atom is -0.493 e. The number of ether oxygens (including phenoxy) is 3. The highest BCUT2D eigenvalue weighted by molar-refractivity contribution is 6.33. The predicted molar refractivity (Wildman–Crippen MR) is 60.5 cm³/mol. The van der Waals surface area contributed by atoms with Crippen LogP contribution in [0.25, 0.3) is 0 Å². The second kappa shape index (κ2) is 5.12. The van der Waals surface area contributed by atoms with Crippen molar-refractivity contribution in [3.05, 3.63) is 16.7 Å². The zero-order valence-electron chi connectivity index (χ0n) is 9.39. The van der Waals surface area contributed by atoms with E-state index in [9.17, 15) is 0 Å². The molecule has 0 aliphatic rings. The summed E-state index contributed by atoms with van der Waals surface area (Å²) in [7, 11) is 4.70. The average molecular weight is 231 g/mol. The van der Waals surface area contributed by atoms with E-state index in [-0.39, 0.29) is 0 Å². The number of benzene rings is 1. The van der Waals surface area contributed by atoms with Crippen molar-refractivity contribution in [2.45, 2.75) is 13.3 Å². The third-order valence-electron chi connectivity index (χ3n) is 2.23. The van der Waals surface area contributed by atoms with E-state index in [0.29, 0.717) is 22.3 Å². The largest absolute Gasteiger partial charge is 0.493 e. The molecule has 1 rings (SSSR count). The highest BCUT2D eigenvalue weighted by Crippen LogP contribution is 2.44. The molecule has 84 valence electrons. The van der Waals surface area contributed by atoms with Crippen LogP contribution >= 0.6 is 11.6 Å². The second-order valence-corrected chi connectivity index (χ2v) is 3.35. The first-order chi connectivity index (χ1) is 7.19. The summed E-state index contributed by atoms with van der Waals surface area (Å²) in [5, 5.41) is 0.581. The number of rotatable bonds is 4. The summed E-state index contributed by atoms with van der Waals surface area (Å²) >= 11 is 6.16. The van der Waals surface area contributed by atoms with E-state index >= 15 is 0 Å². The molecule has 0 radical (unpaired) electrons.